The Kier molecular flexibility index (Phi) is 6.89. The molecule has 1 aliphatic rings. The number of hydrogen-bond donors (Lipinski definition) is 2. The van der Waals surface area contributed by atoms with E-state index >= 15 is 0 Å². The van der Waals surface area contributed by atoms with Crippen LogP contribution in [0.15, 0.2) is 34.2 Å². The fourth-order valence-corrected chi connectivity index (χ4v) is 3.96. The summed E-state index contributed by atoms with van der Waals surface area (Å²) >= 11 is 5.84. The van der Waals surface area contributed by atoms with Crippen molar-refractivity contribution in [2.24, 2.45) is 10.9 Å². The molecular weight excluding hydrogens is 348 g/mol. The molecule has 0 aliphatic carbocycles. The standard InChI is InChI=1S/C16H25ClN4O2S/c1-13-6-10-21(11-7-13)16(18-2)19-8-9-20-24(22,23)15-5-3-4-14(17)12-15/h3-5,12-13,20H,6-11H2,1-2H3,(H,18,19). The van der Waals surface area contributed by atoms with E-state index in [1.807, 2.05) is 0 Å². The molecule has 1 fully saturated rings. The molecule has 2 N–H and O–H groups in total. The lowest BCUT2D eigenvalue weighted by molar-refractivity contribution is 0.273. The first-order valence-electron chi connectivity index (χ1n) is 8.13. The molecule has 1 aromatic carbocycles. The lowest BCUT2D eigenvalue weighted by Crippen LogP contribution is -2.47. The second-order valence-electron chi connectivity index (χ2n) is 6.00. The van der Waals surface area contributed by atoms with E-state index in [0.717, 1.165) is 37.8 Å². The molecule has 1 aliphatic heterocycles. The maximum absolute atomic E-state index is 12.2. The Hall–Kier alpha value is -1.31. The Morgan fingerprint density at radius 3 is 2.67 bits per heavy atom. The normalized spacial score (nSPS) is 17.1. The Morgan fingerprint density at radius 1 is 1.33 bits per heavy atom. The summed E-state index contributed by atoms with van der Waals surface area (Å²) in [5.74, 6) is 1.58. The van der Waals surface area contributed by atoms with Crippen LogP contribution in [0.1, 0.15) is 19.8 Å². The largest absolute Gasteiger partial charge is 0.355 e. The minimum absolute atomic E-state index is 0.171. The van der Waals surface area contributed by atoms with Crippen molar-refractivity contribution in [3.05, 3.63) is 29.3 Å². The molecule has 24 heavy (non-hydrogen) atoms. The van der Waals surface area contributed by atoms with Gasteiger partial charge in [-0.1, -0.05) is 24.6 Å². The molecule has 1 heterocycles. The van der Waals surface area contributed by atoms with E-state index in [4.69, 9.17) is 11.6 Å². The molecule has 0 aromatic heterocycles. The number of guanidine groups is 1. The topological polar surface area (TPSA) is 73.8 Å². The number of rotatable bonds is 5. The lowest BCUT2D eigenvalue weighted by Gasteiger charge is -2.32. The first-order valence-corrected chi connectivity index (χ1v) is 9.99. The molecule has 2 rings (SSSR count). The first-order chi connectivity index (χ1) is 11.4. The summed E-state index contributed by atoms with van der Waals surface area (Å²) < 4.78 is 27.0. The van der Waals surface area contributed by atoms with E-state index in [9.17, 15) is 8.42 Å². The monoisotopic (exact) mass is 372 g/mol. The molecule has 0 saturated carbocycles. The van der Waals surface area contributed by atoms with Crippen molar-refractivity contribution >= 4 is 27.6 Å². The highest BCUT2D eigenvalue weighted by Crippen LogP contribution is 2.16. The van der Waals surface area contributed by atoms with Gasteiger partial charge < -0.3 is 10.2 Å². The van der Waals surface area contributed by atoms with Crippen molar-refractivity contribution in [3.63, 3.8) is 0 Å². The van der Waals surface area contributed by atoms with Gasteiger partial charge in [0.1, 0.15) is 0 Å². The highest BCUT2D eigenvalue weighted by atomic mass is 35.5. The number of sulfonamides is 1. The van der Waals surface area contributed by atoms with Crippen LogP contribution in [-0.4, -0.2) is 52.5 Å². The van der Waals surface area contributed by atoms with Crippen LogP contribution in [0.5, 0.6) is 0 Å². The number of hydrogen-bond acceptors (Lipinski definition) is 3. The average Bonchev–Trinajstić information content (AvgIpc) is 2.56. The first kappa shape index (κ1) is 19.0. The molecular formula is C16H25ClN4O2S. The Bertz CT molecular complexity index is 670. The van der Waals surface area contributed by atoms with Gasteiger partial charge in [0.2, 0.25) is 10.0 Å². The fraction of sp³-hybridized carbons (Fsp3) is 0.562. The Balaban J connectivity index is 1.81. The molecule has 0 atom stereocenters. The van der Waals surface area contributed by atoms with Crippen LogP contribution >= 0.6 is 11.6 Å². The van der Waals surface area contributed by atoms with E-state index in [0.29, 0.717) is 11.6 Å². The maximum atomic E-state index is 12.2. The van der Waals surface area contributed by atoms with Gasteiger partial charge in [-0.05, 0) is 37.0 Å². The summed E-state index contributed by atoms with van der Waals surface area (Å²) in [7, 11) is -1.80. The molecule has 0 bridgehead atoms. The van der Waals surface area contributed by atoms with Crippen LogP contribution in [0.4, 0.5) is 0 Å². The number of benzene rings is 1. The third kappa shape index (κ3) is 5.36. The van der Waals surface area contributed by atoms with Gasteiger partial charge in [-0.3, -0.25) is 4.99 Å². The minimum Gasteiger partial charge on any atom is -0.355 e. The van der Waals surface area contributed by atoms with Crippen LogP contribution < -0.4 is 10.0 Å². The van der Waals surface area contributed by atoms with Crippen LogP contribution in [0, 0.1) is 5.92 Å². The molecule has 6 nitrogen and oxygen atoms in total. The summed E-state index contributed by atoms with van der Waals surface area (Å²) in [4.78, 5) is 6.66. The van der Waals surface area contributed by atoms with Crippen LogP contribution in [-0.2, 0) is 10.0 Å². The lowest BCUT2D eigenvalue weighted by atomic mass is 10.00. The zero-order chi connectivity index (χ0) is 17.6. The van der Waals surface area contributed by atoms with E-state index in [1.54, 1.807) is 19.2 Å². The van der Waals surface area contributed by atoms with Gasteiger partial charge in [0.05, 0.1) is 4.90 Å². The van der Waals surface area contributed by atoms with Gasteiger partial charge in [-0.2, -0.15) is 0 Å². The average molecular weight is 373 g/mol. The second-order valence-corrected chi connectivity index (χ2v) is 8.20. The number of piperidine rings is 1. The zero-order valence-electron chi connectivity index (χ0n) is 14.1. The van der Waals surface area contributed by atoms with Crippen molar-refractivity contribution in [2.45, 2.75) is 24.7 Å². The van der Waals surface area contributed by atoms with E-state index < -0.39 is 10.0 Å². The van der Waals surface area contributed by atoms with Gasteiger partial charge in [0, 0.05) is 38.2 Å². The van der Waals surface area contributed by atoms with E-state index in [2.05, 4.69) is 26.9 Å². The van der Waals surface area contributed by atoms with Crippen molar-refractivity contribution in [2.75, 3.05) is 33.2 Å². The maximum Gasteiger partial charge on any atom is 0.240 e. The summed E-state index contributed by atoms with van der Waals surface area (Å²) in [6.07, 6.45) is 2.31. The number of nitrogens with one attached hydrogen (secondary N) is 2. The van der Waals surface area contributed by atoms with Gasteiger partial charge in [0.25, 0.3) is 0 Å². The summed E-state index contributed by atoms with van der Waals surface area (Å²) in [6, 6.07) is 6.22. The van der Waals surface area contributed by atoms with Gasteiger partial charge >= 0.3 is 0 Å². The summed E-state index contributed by atoms with van der Waals surface area (Å²) in [6.45, 7) is 4.97. The summed E-state index contributed by atoms with van der Waals surface area (Å²) in [5.41, 5.74) is 0. The van der Waals surface area contributed by atoms with Crippen LogP contribution in [0.25, 0.3) is 0 Å². The van der Waals surface area contributed by atoms with Crippen molar-refractivity contribution < 1.29 is 8.42 Å². The van der Waals surface area contributed by atoms with Gasteiger partial charge in [-0.25, -0.2) is 13.1 Å². The third-order valence-electron chi connectivity index (χ3n) is 4.10. The third-order valence-corrected chi connectivity index (χ3v) is 5.80. The Labute approximate surface area is 149 Å². The highest BCUT2D eigenvalue weighted by molar-refractivity contribution is 7.89. The highest BCUT2D eigenvalue weighted by Gasteiger charge is 2.18. The number of likely N-dealkylation sites (tertiary alicyclic amines) is 1. The molecule has 1 aromatic rings. The quantitative estimate of drug-likeness (QED) is 0.470. The zero-order valence-corrected chi connectivity index (χ0v) is 15.7. The molecule has 0 spiro atoms. The molecule has 0 unspecified atom stereocenters. The predicted molar refractivity (Wildman–Crippen MR) is 98.0 cm³/mol. The Morgan fingerprint density at radius 2 is 2.04 bits per heavy atom. The number of nitrogens with zero attached hydrogens (tertiary/aromatic N) is 2. The predicted octanol–water partition coefficient (Wildman–Crippen LogP) is 1.93. The molecule has 134 valence electrons. The molecule has 0 amide bonds. The van der Waals surface area contributed by atoms with Crippen molar-refractivity contribution in [3.8, 4) is 0 Å². The van der Waals surface area contributed by atoms with Crippen molar-refractivity contribution in [1.82, 2.24) is 14.9 Å². The molecule has 8 heteroatoms. The molecule has 0 radical (unpaired) electrons. The number of aliphatic imine (C=N–C) groups is 1. The molecule has 1 saturated heterocycles. The van der Waals surface area contributed by atoms with Crippen LogP contribution in [0.3, 0.4) is 0 Å². The van der Waals surface area contributed by atoms with E-state index in [1.165, 1.54) is 12.1 Å². The second kappa shape index (κ2) is 8.69. The number of halogens is 1. The van der Waals surface area contributed by atoms with Gasteiger partial charge in [-0.15, -0.1) is 0 Å². The SMILES string of the molecule is CN=C(NCCNS(=O)(=O)c1cccc(Cl)c1)N1CCC(C)CC1. The van der Waals surface area contributed by atoms with Crippen molar-refractivity contribution in [1.29, 1.82) is 0 Å². The fourth-order valence-electron chi connectivity index (χ4n) is 2.63. The van der Waals surface area contributed by atoms with E-state index in [-0.39, 0.29) is 11.4 Å². The smallest absolute Gasteiger partial charge is 0.240 e. The van der Waals surface area contributed by atoms with Gasteiger partial charge in [0.15, 0.2) is 5.96 Å². The minimum atomic E-state index is -3.55. The van der Waals surface area contributed by atoms with Crippen LogP contribution in [0.2, 0.25) is 5.02 Å². The summed E-state index contributed by atoms with van der Waals surface area (Å²) in [5, 5.41) is 3.61.